The molecular weight excluding hydrogens is 230 g/mol. The Morgan fingerprint density at radius 2 is 2.06 bits per heavy atom. The lowest BCUT2D eigenvalue weighted by atomic mass is 9.73. The van der Waals surface area contributed by atoms with Gasteiger partial charge in [-0.25, -0.2) is 0 Å². The van der Waals surface area contributed by atoms with Gasteiger partial charge >= 0.3 is 0 Å². The zero-order valence-corrected chi connectivity index (χ0v) is 11.6. The molecule has 2 aliphatic rings. The van der Waals surface area contributed by atoms with E-state index in [-0.39, 0.29) is 17.9 Å². The van der Waals surface area contributed by atoms with Crippen LogP contribution in [-0.2, 0) is 4.79 Å². The number of rotatable bonds is 2. The summed E-state index contributed by atoms with van der Waals surface area (Å²) in [7, 11) is 0. The first-order valence-electron chi connectivity index (χ1n) is 7.05. The van der Waals surface area contributed by atoms with Crippen molar-refractivity contribution in [3.05, 3.63) is 0 Å². The van der Waals surface area contributed by atoms with E-state index >= 15 is 0 Å². The van der Waals surface area contributed by atoms with E-state index in [1.807, 2.05) is 25.7 Å². The second kappa shape index (κ2) is 4.82. The SMILES string of the molecule is CC(C)[C@H](O)[C@H]1C[C@@](C)(O)[C@H]2CCCCN2C1=O. The highest BCUT2D eigenvalue weighted by Gasteiger charge is 2.50. The normalized spacial score (nSPS) is 38.8. The summed E-state index contributed by atoms with van der Waals surface area (Å²) in [6.45, 7) is 6.35. The van der Waals surface area contributed by atoms with Gasteiger partial charge in [0, 0.05) is 6.54 Å². The summed E-state index contributed by atoms with van der Waals surface area (Å²) in [6.07, 6.45) is 2.67. The van der Waals surface area contributed by atoms with E-state index < -0.39 is 17.6 Å². The third-order valence-electron chi connectivity index (χ3n) is 4.55. The summed E-state index contributed by atoms with van der Waals surface area (Å²) in [5.74, 6) is -0.377. The number of amides is 1. The van der Waals surface area contributed by atoms with Crippen molar-refractivity contribution in [1.29, 1.82) is 0 Å². The molecule has 0 radical (unpaired) electrons. The van der Waals surface area contributed by atoms with Crippen LogP contribution < -0.4 is 0 Å². The summed E-state index contributed by atoms with van der Waals surface area (Å²) in [4.78, 5) is 14.3. The molecule has 4 nitrogen and oxygen atoms in total. The van der Waals surface area contributed by atoms with Crippen molar-refractivity contribution in [2.45, 2.75) is 64.2 Å². The molecule has 0 aliphatic carbocycles. The second-order valence-electron chi connectivity index (χ2n) is 6.45. The molecule has 0 spiro atoms. The lowest BCUT2D eigenvalue weighted by molar-refractivity contribution is -0.171. The van der Waals surface area contributed by atoms with Gasteiger partial charge < -0.3 is 15.1 Å². The van der Waals surface area contributed by atoms with Gasteiger partial charge in [0.1, 0.15) is 0 Å². The van der Waals surface area contributed by atoms with Gasteiger partial charge in [-0.3, -0.25) is 4.79 Å². The summed E-state index contributed by atoms with van der Waals surface area (Å²) >= 11 is 0. The van der Waals surface area contributed by atoms with Crippen molar-refractivity contribution in [1.82, 2.24) is 4.90 Å². The monoisotopic (exact) mass is 255 g/mol. The molecule has 2 N–H and O–H groups in total. The van der Waals surface area contributed by atoms with Gasteiger partial charge in [0.2, 0.25) is 5.91 Å². The Morgan fingerprint density at radius 3 is 2.67 bits per heavy atom. The third kappa shape index (κ3) is 2.28. The van der Waals surface area contributed by atoms with Crippen LogP contribution in [0.25, 0.3) is 0 Å². The van der Waals surface area contributed by atoms with Crippen LogP contribution in [0.15, 0.2) is 0 Å². The highest BCUT2D eigenvalue weighted by atomic mass is 16.3. The maximum atomic E-state index is 12.4. The van der Waals surface area contributed by atoms with Crippen LogP contribution in [0.4, 0.5) is 0 Å². The van der Waals surface area contributed by atoms with Gasteiger partial charge in [-0.1, -0.05) is 13.8 Å². The molecule has 0 aromatic rings. The van der Waals surface area contributed by atoms with Crippen molar-refractivity contribution in [3.8, 4) is 0 Å². The molecule has 2 rings (SSSR count). The Bertz CT molecular complexity index is 327. The first-order valence-corrected chi connectivity index (χ1v) is 7.05. The highest BCUT2D eigenvalue weighted by Crippen LogP contribution is 2.39. The second-order valence-corrected chi connectivity index (χ2v) is 6.45. The van der Waals surface area contributed by atoms with Crippen LogP contribution >= 0.6 is 0 Å². The fourth-order valence-corrected chi connectivity index (χ4v) is 3.45. The predicted octanol–water partition coefficient (Wildman–Crippen LogP) is 1.16. The van der Waals surface area contributed by atoms with Crippen LogP contribution in [0.5, 0.6) is 0 Å². The zero-order valence-electron chi connectivity index (χ0n) is 11.6. The Morgan fingerprint density at radius 1 is 1.39 bits per heavy atom. The number of hydrogen-bond donors (Lipinski definition) is 2. The zero-order chi connectivity index (χ0) is 13.5. The summed E-state index contributed by atoms with van der Waals surface area (Å²) in [5.41, 5.74) is -0.866. The number of hydrogen-bond acceptors (Lipinski definition) is 3. The molecule has 4 atom stereocenters. The summed E-state index contributed by atoms with van der Waals surface area (Å²) in [5, 5.41) is 20.8. The molecule has 104 valence electrons. The van der Waals surface area contributed by atoms with Crippen molar-refractivity contribution in [3.63, 3.8) is 0 Å². The quantitative estimate of drug-likeness (QED) is 0.778. The van der Waals surface area contributed by atoms with E-state index in [4.69, 9.17) is 0 Å². The minimum absolute atomic E-state index is 0.0347. The molecule has 0 unspecified atom stereocenters. The van der Waals surface area contributed by atoms with Gasteiger partial charge in [-0.2, -0.15) is 0 Å². The van der Waals surface area contributed by atoms with Crippen LogP contribution in [0.3, 0.4) is 0 Å². The molecule has 1 amide bonds. The average Bonchev–Trinajstić information content (AvgIpc) is 2.33. The fourth-order valence-electron chi connectivity index (χ4n) is 3.45. The number of piperidine rings is 2. The van der Waals surface area contributed by atoms with Crippen LogP contribution in [0, 0.1) is 11.8 Å². The van der Waals surface area contributed by atoms with Gasteiger partial charge in [-0.05, 0) is 38.5 Å². The lowest BCUT2D eigenvalue weighted by Crippen LogP contribution is -2.64. The molecule has 0 bridgehead atoms. The topological polar surface area (TPSA) is 60.8 Å². The highest BCUT2D eigenvalue weighted by molar-refractivity contribution is 5.81. The number of nitrogens with zero attached hydrogens (tertiary/aromatic N) is 1. The molecule has 18 heavy (non-hydrogen) atoms. The van der Waals surface area contributed by atoms with E-state index in [1.54, 1.807) is 0 Å². The Labute approximate surface area is 109 Å². The maximum Gasteiger partial charge on any atom is 0.228 e. The largest absolute Gasteiger partial charge is 0.392 e. The van der Waals surface area contributed by atoms with Crippen molar-refractivity contribution >= 4 is 5.91 Å². The van der Waals surface area contributed by atoms with Gasteiger partial charge in [0.15, 0.2) is 0 Å². The van der Waals surface area contributed by atoms with Crippen molar-refractivity contribution in [2.75, 3.05) is 6.54 Å². The lowest BCUT2D eigenvalue weighted by Gasteiger charge is -2.51. The minimum Gasteiger partial charge on any atom is -0.392 e. The Hall–Kier alpha value is -0.610. The van der Waals surface area contributed by atoms with E-state index in [9.17, 15) is 15.0 Å². The molecule has 0 aromatic heterocycles. The molecular formula is C14H25NO3. The fraction of sp³-hybridized carbons (Fsp3) is 0.929. The first-order chi connectivity index (χ1) is 8.34. The van der Waals surface area contributed by atoms with E-state index in [0.717, 1.165) is 25.8 Å². The van der Waals surface area contributed by atoms with E-state index in [0.29, 0.717) is 6.42 Å². The molecule has 2 saturated heterocycles. The Balaban J connectivity index is 2.23. The van der Waals surface area contributed by atoms with Crippen molar-refractivity contribution < 1.29 is 15.0 Å². The molecule has 2 aliphatic heterocycles. The van der Waals surface area contributed by atoms with E-state index in [2.05, 4.69) is 0 Å². The molecule has 2 heterocycles. The molecule has 0 aromatic carbocycles. The van der Waals surface area contributed by atoms with Gasteiger partial charge in [0.25, 0.3) is 0 Å². The number of fused-ring (bicyclic) bond motifs is 1. The maximum absolute atomic E-state index is 12.4. The number of carbonyl (C=O) groups is 1. The number of carbonyl (C=O) groups excluding carboxylic acids is 1. The van der Waals surface area contributed by atoms with Gasteiger partial charge in [0.05, 0.1) is 23.7 Å². The van der Waals surface area contributed by atoms with E-state index in [1.165, 1.54) is 0 Å². The first kappa shape index (κ1) is 13.8. The Kier molecular flexibility index (Phi) is 3.70. The van der Waals surface area contributed by atoms with Crippen LogP contribution in [-0.4, -0.2) is 45.3 Å². The summed E-state index contributed by atoms with van der Waals surface area (Å²) < 4.78 is 0. The predicted molar refractivity (Wildman–Crippen MR) is 68.9 cm³/mol. The van der Waals surface area contributed by atoms with Crippen LogP contribution in [0.2, 0.25) is 0 Å². The minimum atomic E-state index is -0.866. The molecule has 2 fully saturated rings. The third-order valence-corrected chi connectivity index (χ3v) is 4.55. The van der Waals surface area contributed by atoms with Gasteiger partial charge in [-0.15, -0.1) is 0 Å². The number of aliphatic hydroxyl groups is 2. The standard InChI is InChI=1S/C14H25NO3/c1-9(2)12(16)10-8-14(3,18)11-6-4-5-7-15(11)13(10)17/h9-12,16,18H,4-8H2,1-3H3/t10-,11-,12+,14-/m1/s1. The average molecular weight is 255 g/mol. The van der Waals surface area contributed by atoms with Crippen molar-refractivity contribution in [2.24, 2.45) is 11.8 Å². The molecule has 4 heteroatoms. The van der Waals surface area contributed by atoms with Crippen LogP contribution in [0.1, 0.15) is 46.5 Å². The smallest absolute Gasteiger partial charge is 0.228 e. The number of aliphatic hydroxyl groups excluding tert-OH is 1. The molecule has 0 saturated carbocycles. The summed E-state index contributed by atoms with van der Waals surface area (Å²) in [6, 6.07) is -0.0608.